The van der Waals surface area contributed by atoms with Crippen LogP contribution in [0.15, 0.2) is 48.5 Å². The van der Waals surface area contributed by atoms with Crippen molar-refractivity contribution in [3.05, 3.63) is 70.8 Å². The number of amides is 1. The molecule has 0 bridgehead atoms. The minimum Gasteiger partial charge on any atom is -0.465 e. The van der Waals surface area contributed by atoms with Gasteiger partial charge in [-0.1, -0.05) is 24.3 Å². The van der Waals surface area contributed by atoms with Gasteiger partial charge in [0, 0.05) is 6.04 Å². The molecule has 2 rings (SSSR count). The molecular formula is C25H34N2O6. The lowest BCUT2D eigenvalue weighted by atomic mass is 10.1. The minimum atomic E-state index is -0.529. The van der Waals surface area contributed by atoms with Gasteiger partial charge in [0.05, 0.1) is 31.4 Å². The minimum absolute atomic E-state index is 0.00769. The predicted molar refractivity (Wildman–Crippen MR) is 126 cm³/mol. The average molecular weight is 459 g/mol. The number of hydrogen-bond acceptors (Lipinski definition) is 7. The van der Waals surface area contributed by atoms with Gasteiger partial charge < -0.3 is 25.3 Å². The van der Waals surface area contributed by atoms with Gasteiger partial charge in [-0.3, -0.25) is 0 Å². The Hall–Kier alpha value is -3.39. The molecule has 0 unspecified atom stereocenters. The van der Waals surface area contributed by atoms with Gasteiger partial charge in [0.2, 0.25) is 0 Å². The molecule has 0 saturated carbocycles. The van der Waals surface area contributed by atoms with E-state index in [1.165, 1.54) is 14.2 Å². The summed E-state index contributed by atoms with van der Waals surface area (Å²) in [6.45, 7) is 9.16. The molecule has 0 aliphatic heterocycles. The predicted octanol–water partition coefficient (Wildman–Crippen LogP) is 4.55. The number of alkyl carbamates (subject to hydrolysis) is 1. The van der Waals surface area contributed by atoms with Crippen molar-refractivity contribution < 1.29 is 28.6 Å². The van der Waals surface area contributed by atoms with Crippen molar-refractivity contribution >= 4 is 18.0 Å². The van der Waals surface area contributed by atoms with Crippen LogP contribution in [0.5, 0.6) is 0 Å². The van der Waals surface area contributed by atoms with Crippen LogP contribution < -0.4 is 11.1 Å². The first kappa shape index (κ1) is 27.6. The first-order chi connectivity index (χ1) is 15.4. The lowest BCUT2D eigenvalue weighted by molar-refractivity contribution is 0.0505. The second-order valence-electron chi connectivity index (χ2n) is 8.38. The molecule has 180 valence electrons. The summed E-state index contributed by atoms with van der Waals surface area (Å²) in [5.41, 5.74) is 8.03. The Labute approximate surface area is 195 Å². The van der Waals surface area contributed by atoms with E-state index in [-0.39, 0.29) is 24.0 Å². The Balaban J connectivity index is 0.000000361. The summed E-state index contributed by atoms with van der Waals surface area (Å²) in [6, 6.07) is 13.7. The molecule has 8 nitrogen and oxygen atoms in total. The Morgan fingerprint density at radius 1 is 0.788 bits per heavy atom. The summed E-state index contributed by atoms with van der Waals surface area (Å²) >= 11 is 0. The highest BCUT2D eigenvalue weighted by molar-refractivity contribution is 5.89. The molecule has 1 amide bonds. The van der Waals surface area contributed by atoms with Crippen LogP contribution in [-0.2, 0) is 14.2 Å². The highest BCUT2D eigenvalue weighted by Gasteiger charge is 2.18. The third-order valence-electron chi connectivity index (χ3n) is 4.42. The topological polar surface area (TPSA) is 117 Å². The number of esters is 2. The van der Waals surface area contributed by atoms with E-state index in [1.807, 2.05) is 46.8 Å². The van der Waals surface area contributed by atoms with Gasteiger partial charge in [0.15, 0.2) is 0 Å². The van der Waals surface area contributed by atoms with E-state index >= 15 is 0 Å². The number of carbonyl (C=O) groups excluding carboxylic acids is 3. The molecule has 0 aliphatic rings. The molecule has 3 N–H and O–H groups in total. The molecule has 0 spiro atoms. The first-order valence-corrected chi connectivity index (χ1v) is 10.5. The van der Waals surface area contributed by atoms with Crippen molar-refractivity contribution in [2.24, 2.45) is 5.73 Å². The SMILES string of the molecule is COC(=O)c1ccc([C@H](C)N)cc1.COC(=O)c1ccc([C@H](C)NC(=O)OC(C)(C)C)cc1. The van der Waals surface area contributed by atoms with Crippen LogP contribution in [0, 0.1) is 0 Å². The number of carbonyl (C=O) groups is 3. The number of nitrogens with two attached hydrogens (primary N) is 1. The third-order valence-corrected chi connectivity index (χ3v) is 4.42. The van der Waals surface area contributed by atoms with E-state index in [9.17, 15) is 14.4 Å². The van der Waals surface area contributed by atoms with Gasteiger partial charge in [-0.2, -0.15) is 0 Å². The van der Waals surface area contributed by atoms with Gasteiger partial charge in [0.25, 0.3) is 0 Å². The standard InChI is InChI=1S/C15H21NO4.C10H13NO2/c1-10(16-14(18)20-15(2,3)4)11-6-8-12(9-7-11)13(17)19-5;1-7(11)8-3-5-9(6-4-8)10(12)13-2/h6-10H,1-5H3,(H,16,18);3-7H,11H2,1-2H3/t10-;7-/m00/s1. The molecular weight excluding hydrogens is 424 g/mol. The van der Waals surface area contributed by atoms with E-state index in [0.717, 1.165) is 11.1 Å². The maximum absolute atomic E-state index is 11.7. The largest absolute Gasteiger partial charge is 0.465 e. The van der Waals surface area contributed by atoms with E-state index in [4.69, 9.17) is 10.5 Å². The molecule has 0 saturated heterocycles. The molecule has 0 radical (unpaired) electrons. The molecule has 2 atom stereocenters. The fraction of sp³-hybridized carbons (Fsp3) is 0.400. The molecule has 8 heteroatoms. The molecule has 0 aromatic heterocycles. The number of rotatable bonds is 5. The maximum Gasteiger partial charge on any atom is 0.408 e. The zero-order valence-electron chi connectivity index (χ0n) is 20.3. The summed E-state index contributed by atoms with van der Waals surface area (Å²) in [5, 5.41) is 2.74. The summed E-state index contributed by atoms with van der Waals surface area (Å²) in [5.74, 6) is -0.708. The van der Waals surface area contributed by atoms with E-state index in [0.29, 0.717) is 11.1 Å². The third kappa shape index (κ3) is 9.74. The average Bonchev–Trinajstić information content (AvgIpc) is 2.77. The quantitative estimate of drug-likeness (QED) is 0.498. The summed E-state index contributed by atoms with van der Waals surface area (Å²) < 4.78 is 14.4. The van der Waals surface area contributed by atoms with Crippen LogP contribution in [0.25, 0.3) is 0 Å². The summed E-state index contributed by atoms with van der Waals surface area (Å²) in [6.07, 6.45) is -0.470. The highest BCUT2D eigenvalue weighted by Crippen LogP contribution is 2.15. The van der Waals surface area contributed by atoms with E-state index < -0.39 is 11.7 Å². The highest BCUT2D eigenvalue weighted by atomic mass is 16.6. The monoisotopic (exact) mass is 458 g/mol. The van der Waals surface area contributed by atoms with Gasteiger partial charge in [0.1, 0.15) is 5.60 Å². The maximum atomic E-state index is 11.7. The number of hydrogen-bond donors (Lipinski definition) is 2. The lowest BCUT2D eigenvalue weighted by Crippen LogP contribution is -2.34. The van der Waals surface area contributed by atoms with E-state index in [1.54, 1.807) is 36.4 Å². The van der Waals surface area contributed by atoms with Crippen LogP contribution >= 0.6 is 0 Å². The van der Waals surface area contributed by atoms with Crippen molar-refractivity contribution in [3.63, 3.8) is 0 Å². The van der Waals surface area contributed by atoms with Crippen molar-refractivity contribution in [2.75, 3.05) is 14.2 Å². The zero-order chi connectivity index (χ0) is 25.2. The Morgan fingerprint density at radius 3 is 1.52 bits per heavy atom. The van der Waals surface area contributed by atoms with Crippen LogP contribution in [0.3, 0.4) is 0 Å². The zero-order valence-corrected chi connectivity index (χ0v) is 20.3. The number of ether oxygens (including phenoxy) is 3. The number of nitrogens with one attached hydrogen (secondary N) is 1. The fourth-order valence-corrected chi connectivity index (χ4v) is 2.63. The van der Waals surface area contributed by atoms with Crippen LogP contribution in [0.4, 0.5) is 4.79 Å². The Kier molecular flexibility index (Phi) is 10.6. The van der Waals surface area contributed by atoms with Crippen LogP contribution in [0.1, 0.15) is 78.5 Å². The van der Waals surface area contributed by atoms with Crippen LogP contribution in [-0.4, -0.2) is 37.9 Å². The Morgan fingerprint density at radius 2 is 1.18 bits per heavy atom. The molecule has 2 aromatic rings. The fourth-order valence-electron chi connectivity index (χ4n) is 2.63. The summed E-state index contributed by atoms with van der Waals surface area (Å²) in [4.78, 5) is 34.0. The van der Waals surface area contributed by atoms with Gasteiger partial charge in [-0.25, -0.2) is 14.4 Å². The van der Waals surface area contributed by atoms with Gasteiger partial charge in [-0.15, -0.1) is 0 Å². The van der Waals surface area contributed by atoms with E-state index in [2.05, 4.69) is 14.8 Å². The second-order valence-corrected chi connectivity index (χ2v) is 8.38. The molecule has 33 heavy (non-hydrogen) atoms. The van der Waals surface area contributed by atoms with Crippen molar-refractivity contribution in [2.45, 2.75) is 52.3 Å². The lowest BCUT2D eigenvalue weighted by Gasteiger charge is -2.22. The summed E-state index contributed by atoms with van der Waals surface area (Å²) in [7, 11) is 2.70. The molecule has 2 aromatic carbocycles. The number of benzene rings is 2. The van der Waals surface area contributed by atoms with Gasteiger partial charge in [-0.05, 0) is 70.0 Å². The number of methoxy groups -OCH3 is 2. The normalized spacial score (nSPS) is 12.4. The van der Waals surface area contributed by atoms with Crippen molar-refractivity contribution in [3.8, 4) is 0 Å². The smallest absolute Gasteiger partial charge is 0.408 e. The molecule has 0 aliphatic carbocycles. The van der Waals surface area contributed by atoms with Crippen LogP contribution in [0.2, 0.25) is 0 Å². The van der Waals surface area contributed by atoms with Crippen molar-refractivity contribution in [1.82, 2.24) is 5.32 Å². The molecule has 0 heterocycles. The molecule has 0 fully saturated rings. The van der Waals surface area contributed by atoms with Gasteiger partial charge >= 0.3 is 18.0 Å². The first-order valence-electron chi connectivity index (χ1n) is 10.5. The van der Waals surface area contributed by atoms with Crippen molar-refractivity contribution in [1.29, 1.82) is 0 Å². The Bertz CT molecular complexity index is 915. The second kappa shape index (κ2) is 12.6.